The lowest BCUT2D eigenvalue weighted by atomic mass is 9.98. The molecule has 1 atom stereocenters. The van der Waals surface area contributed by atoms with E-state index in [9.17, 15) is 4.79 Å². The van der Waals surface area contributed by atoms with Gasteiger partial charge in [-0.3, -0.25) is 4.79 Å². The number of benzene rings is 2. The van der Waals surface area contributed by atoms with E-state index in [2.05, 4.69) is 10.0 Å². The largest absolute Gasteiger partial charge is 0.497 e. The number of rotatable bonds is 6. The maximum absolute atomic E-state index is 12.6. The molecule has 0 spiro atoms. The SMILES string of the molecule is COc1ccc(C(=O)C(N=[N+]=[N-])c2ccc(OC)cc2)cc1. The number of Topliss-reactive ketones (excluding diaryl/α,β-unsaturated/α-hetero) is 1. The van der Waals surface area contributed by atoms with Gasteiger partial charge < -0.3 is 9.47 Å². The zero-order chi connectivity index (χ0) is 15.9. The van der Waals surface area contributed by atoms with Crippen LogP contribution >= 0.6 is 0 Å². The molecule has 2 aromatic carbocycles. The summed E-state index contributed by atoms with van der Waals surface area (Å²) in [6.07, 6.45) is 0. The van der Waals surface area contributed by atoms with Crippen molar-refractivity contribution in [2.75, 3.05) is 14.2 Å². The fraction of sp³-hybridized carbons (Fsp3) is 0.188. The third-order valence-electron chi connectivity index (χ3n) is 3.22. The van der Waals surface area contributed by atoms with Crippen LogP contribution in [0, 0.1) is 0 Å². The number of azide groups is 1. The highest BCUT2D eigenvalue weighted by atomic mass is 16.5. The minimum atomic E-state index is -0.913. The standard InChI is InChI=1S/C16H15N3O3/c1-21-13-7-3-11(4-8-13)15(18-19-17)16(20)12-5-9-14(22-2)10-6-12/h3-10,15H,1-2H3. The zero-order valence-electron chi connectivity index (χ0n) is 12.3. The third-order valence-corrected chi connectivity index (χ3v) is 3.22. The van der Waals surface area contributed by atoms with E-state index in [0.29, 0.717) is 22.6 Å². The lowest BCUT2D eigenvalue weighted by Crippen LogP contribution is -2.10. The van der Waals surface area contributed by atoms with Crippen molar-refractivity contribution in [2.45, 2.75) is 6.04 Å². The maximum atomic E-state index is 12.6. The Morgan fingerprint density at radius 1 is 1.00 bits per heavy atom. The highest BCUT2D eigenvalue weighted by Crippen LogP contribution is 2.25. The number of carbonyl (C=O) groups excluding carboxylic acids is 1. The number of ketones is 1. The topological polar surface area (TPSA) is 84.3 Å². The number of ether oxygens (including phenoxy) is 2. The van der Waals surface area contributed by atoms with Gasteiger partial charge in [0, 0.05) is 10.5 Å². The van der Waals surface area contributed by atoms with E-state index in [0.717, 1.165) is 0 Å². The van der Waals surface area contributed by atoms with Crippen LogP contribution < -0.4 is 9.47 Å². The van der Waals surface area contributed by atoms with Gasteiger partial charge in [0.1, 0.15) is 17.5 Å². The molecule has 0 bridgehead atoms. The van der Waals surface area contributed by atoms with Crippen LogP contribution in [0.15, 0.2) is 53.6 Å². The van der Waals surface area contributed by atoms with Crippen molar-refractivity contribution in [2.24, 2.45) is 5.11 Å². The molecule has 0 aliphatic rings. The Labute approximate surface area is 127 Å². The van der Waals surface area contributed by atoms with Crippen molar-refractivity contribution in [1.82, 2.24) is 0 Å². The van der Waals surface area contributed by atoms with Crippen LogP contribution in [0.25, 0.3) is 10.4 Å². The first kappa shape index (κ1) is 15.4. The quantitative estimate of drug-likeness (QED) is 0.350. The maximum Gasteiger partial charge on any atom is 0.176 e. The average molecular weight is 297 g/mol. The van der Waals surface area contributed by atoms with Gasteiger partial charge in [-0.2, -0.15) is 0 Å². The summed E-state index contributed by atoms with van der Waals surface area (Å²) in [7, 11) is 3.11. The van der Waals surface area contributed by atoms with Crippen LogP contribution in [0.4, 0.5) is 0 Å². The van der Waals surface area contributed by atoms with Crippen LogP contribution in [0.1, 0.15) is 22.0 Å². The van der Waals surface area contributed by atoms with Crippen molar-refractivity contribution in [3.8, 4) is 11.5 Å². The van der Waals surface area contributed by atoms with E-state index < -0.39 is 6.04 Å². The first-order valence-electron chi connectivity index (χ1n) is 6.56. The van der Waals surface area contributed by atoms with Crippen LogP contribution in [-0.4, -0.2) is 20.0 Å². The molecule has 0 heterocycles. The lowest BCUT2D eigenvalue weighted by molar-refractivity contribution is 0.0961. The Morgan fingerprint density at radius 2 is 1.50 bits per heavy atom. The molecular formula is C16H15N3O3. The van der Waals surface area contributed by atoms with Crippen LogP contribution in [-0.2, 0) is 0 Å². The number of nitrogens with zero attached hydrogens (tertiary/aromatic N) is 3. The molecule has 0 aliphatic carbocycles. The third kappa shape index (κ3) is 3.37. The average Bonchev–Trinajstić information content (AvgIpc) is 2.59. The highest BCUT2D eigenvalue weighted by molar-refractivity contribution is 6.00. The molecule has 6 heteroatoms. The highest BCUT2D eigenvalue weighted by Gasteiger charge is 2.21. The molecule has 0 amide bonds. The van der Waals surface area contributed by atoms with Crippen LogP contribution in [0.3, 0.4) is 0 Å². The minimum absolute atomic E-state index is 0.273. The molecule has 2 rings (SSSR count). The van der Waals surface area contributed by atoms with Crippen LogP contribution in [0.5, 0.6) is 11.5 Å². The molecule has 0 saturated carbocycles. The van der Waals surface area contributed by atoms with Gasteiger partial charge in [0.05, 0.1) is 14.2 Å². The molecule has 0 saturated heterocycles. The summed E-state index contributed by atoms with van der Waals surface area (Å²) in [5, 5.41) is 3.63. The molecule has 112 valence electrons. The summed E-state index contributed by atoms with van der Waals surface area (Å²) in [6, 6.07) is 12.6. The Bertz CT molecular complexity index is 690. The molecule has 0 aliphatic heterocycles. The number of hydrogen-bond acceptors (Lipinski definition) is 4. The summed E-state index contributed by atoms with van der Waals surface area (Å²) >= 11 is 0. The van der Waals surface area contributed by atoms with Gasteiger partial charge in [-0.15, -0.1) is 0 Å². The smallest absolute Gasteiger partial charge is 0.176 e. The molecule has 0 aromatic heterocycles. The number of carbonyl (C=O) groups is 1. The van der Waals surface area contributed by atoms with Gasteiger partial charge in [0.15, 0.2) is 5.78 Å². The Hall–Kier alpha value is -2.98. The van der Waals surface area contributed by atoms with Crippen molar-refractivity contribution >= 4 is 5.78 Å². The molecular weight excluding hydrogens is 282 g/mol. The zero-order valence-corrected chi connectivity index (χ0v) is 12.3. The van der Waals surface area contributed by atoms with E-state index in [1.807, 2.05) is 0 Å². The minimum Gasteiger partial charge on any atom is -0.497 e. The van der Waals surface area contributed by atoms with Gasteiger partial charge in [0.25, 0.3) is 0 Å². The summed E-state index contributed by atoms with van der Waals surface area (Å²) in [4.78, 5) is 15.3. The summed E-state index contributed by atoms with van der Waals surface area (Å²) in [6.45, 7) is 0. The fourth-order valence-electron chi connectivity index (χ4n) is 2.02. The van der Waals surface area contributed by atoms with Gasteiger partial charge >= 0.3 is 0 Å². The summed E-state index contributed by atoms with van der Waals surface area (Å²) in [5.74, 6) is 1.05. The Morgan fingerprint density at radius 3 is 1.95 bits per heavy atom. The second-order valence-corrected chi connectivity index (χ2v) is 4.47. The molecule has 2 aromatic rings. The normalized spacial score (nSPS) is 11.2. The van der Waals surface area contributed by atoms with E-state index in [1.54, 1.807) is 62.8 Å². The summed E-state index contributed by atoms with van der Waals surface area (Å²) < 4.78 is 10.1. The second-order valence-electron chi connectivity index (χ2n) is 4.47. The van der Waals surface area contributed by atoms with Crippen molar-refractivity contribution < 1.29 is 14.3 Å². The lowest BCUT2D eigenvalue weighted by Gasteiger charge is -2.11. The second kappa shape index (κ2) is 7.15. The molecule has 22 heavy (non-hydrogen) atoms. The molecule has 0 N–H and O–H groups in total. The van der Waals surface area contributed by atoms with Gasteiger partial charge in [0.2, 0.25) is 0 Å². The van der Waals surface area contributed by atoms with Crippen molar-refractivity contribution in [3.05, 3.63) is 70.1 Å². The molecule has 0 radical (unpaired) electrons. The Kier molecular flexibility index (Phi) is 5.01. The van der Waals surface area contributed by atoms with Crippen LogP contribution in [0.2, 0.25) is 0 Å². The first-order chi connectivity index (χ1) is 10.7. The summed E-state index contributed by atoms with van der Waals surface area (Å²) in [5.41, 5.74) is 9.80. The number of methoxy groups -OCH3 is 2. The monoisotopic (exact) mass is 297 g/mol. The predicted molar refractivity (Wildman–Crippen MR) is 82.2 cm³/mol. The van der Waals surface area contributed by atoms with Gasteiger partial charge in [-0.25, -0.2) is 0 Å². The fourth-order valence-corrected chi connectivity index (χ4v) is 2.02. The predicted octanol–water partition coefficient (Wildman–Crippen LogP) is 3.94. The van der Waals surface area contributed by atoms with Gasteiger partial charge in [-0.1, -0.05) is 17.2 Å². The van der Waals surface area contributed by atoms with E-state index in [1.165, 1.54) is 0 Å². The first-order valence-corrected chi connectivity index (χ1v) is 6.56. The number of hydrogen-bond donors (Lipinski definition) is 0. The molecule has 6 nitrogen and oxygen atoms in total. The van der Waals surface area contributed by atoms with Crippen molar-refractivity contribution in [3.63, 3.8) is 0 Å². The molecule has 1 unspecified atom stereocenters. The van der Waals surface area contributed by atoms with E-state index in [4.69, 9.17) is 15.0 Å². The Balaban J connectivity index is 2.32. The van der Waals surface area contributed by atoms with E-state index in [-0.39, 0.29) is 5.78 Å². The molecule has 0 fully saturated rings. The van der Waals surface area contributed by atoms with E-state index >= 15 is 0 Å². The van der Waals surface area contributed by atoms with Gasteiger partial charge in [-0.05, 0) is 47.5 Å². The van der Waals surface area contributed by atoms with Crippen molar-refractivity contribution in [1.29, 1.82) is 0 Å².